The highest BCUT2D eigenvalue weighted by Gasteiger charge is 2.08. The summed E-state index contributed by atoms with van der Waals surface area (Å²) < 4.78 is 0. The van der Waals surface area contributed by atoms with Crippen molar-refractivity contribution in [2.45, 2.75) is 13.3 Å². The minimum atomic E-state index is -0.476. The van der Waals surface area contributed by atoms with Crippen LogP contribution >= 0.6 is 0 Å². The van der Waals surface area contributed by atoms with E-state index in [1.165, 1.54) is 0 Å². The van der Waals surface area contributed by atoms with Crippen molar-refractivity contribution < 1.29 is 4.79 Å². The zero-order valence-corrected chi connectivity index (χ0v) is 9.60. The molecule has 1 heterocycles. The summed E-state index contributed by atoms with van der Waals surface area (Å²) >= 11 is 0. The third kappa shape index (κ3) is 2.33. The average Bonchev–Trinajstić information content (AvgIpc) is 2.35. The number of primary amides is 1. The molecule has 0 fully saturated rings. The quantitative estimate of drug-likeness (QED) is 0.835. The molecule has 0 atom stereocenters. The van der Waals surface area contributed by atoms with Crippen molar-refractivity contribution in [2.24, 2.45) is 5.73 Å². The van der Waals surface area contributed by atoms with Gasteiger partial charge in [0.1, 0.15) is 0 Å². The topological polar surface area (TPSA) is 80.9 Å². The van der Waals surface area contributed by atoms with Crippen LogP contribution in [-0.4, -0.2) is 22.4 Å². The summed E-state index contributed by atoms with van der Waals surface area (Å²) in [6.07, 6.45) is 2.67. The number of nitrogens with zero attached hydrogens (tertiary/aromatic N) is 2. The lowest BCUT2D eigenvalue weighted by atomic mass is 10.1. The summed E-state index contributed by atoms with van der Waals surface area (Å²) in [7, 11) is 0. The second-order valence-electron chi connectivity index (χ2n) is 3.73. The monoisotopic (exact) mass is 230 g/mol. The molecular weight excluding hydrogens is 216 g/mol. The number of hydrogen-bond acceptors (Lipinski definition) is 4. The summed E-state index contributed by atoms with van der Waals surface area (Å²) in [4.78, 5) is 19.8. The van der Waals surface area contributed by atoms with Crippen molar-refractivity contribution in [3.05, 3.63) is 30.0 Å². The fraction of sp³-hybridized carbons (Fsp3) is 0.250. The number of hydrogen-bond donors (Lipinski definition) is 2. The molecule has 0 aliphatic heterocycles. The molecule has 2 aromatic rings. The first-order chi connectivity index (χ1) is 8.22. The number of nitrogens with one attached hydrogen (secondary N) is 1. The van der Waals surface area contributed by atoms with Crippen molar-refractivity contribution in [3.8, 4) is 0 Å². The Kier molecular flexibility index (Phi) is 3.18. The van der Waals surface area contributed by atoms with E-state index < -0.39 is 5.91 Å². The molecule has 5 heteroatoms. The average molecular weight is 230 g/mol. The minimum absolute atomic E-state index is 0.421. The van der Waals surface area contributed by atoms with Crippen LogP contribution in [0.3, 0.4) is 0 Å². The van der Waals surface area contributed by atoms with Crippen molar-refractivity contribution >= 4 is 22.8 Å². The van der Waals surface area contributed by atoms with Crippen LogP contribution < -0.4 is 11.1 Å². The number of rotatable bonds is 4. The number of carbonyl (C=O) groups is 1. The van der Waals surface area contributed by atoms with E-state index in [9.17, 15) is 4.79 Å². The van der Waals surface area contributed by atoms with Gasteiger partial charge in [-0.2, -0.15) is 0 Å². The van der Waals surface area contributed by atoms with Crippen LogP contribution in [0.5, 0.6) is 0 Å². The molecule has 88 valence electrons. The number of anilines is 1. The van der Waals surface area contributed by atoms with Gasteiger partial charge in [-0.05, 0) is 12.5 Å². The Bertz CT molecular complexity index is 553. The van der Waals surface area contributed by atoms with Crippen LogP contribution in [-0.2, 0) is 0 Å². The lowest BCUT2D eigenvalue weighted by Gasteiger charge is -2.06. The van der Waals surface area contributed by atoms with Gasteiger partial charge in [-0.25, -0.2) is 9.97 Å². The van der Waals surface area contributed by atoms with E-state index >= 15 is 0 Å². The molecule has 1 aromatic carbocycles. The molecule has 2 rings (SSSR count). The summed E-state index contributed by atoms with van der Waals surface area (Å²) in [6.45, 7) is 2.85. The molecule has 1 aromatic heterocycles. The second kappa shape index (κ2) is 4.78. The third-order valence-corrected chi connectivity index (χ3v) is 2.41. The Morgan fingerprint density at radius 1 is 1.47 bits per heavy atom. The first-order valence-corrected chi connectivity index (χ1v) is 5.52. The van der Waals surface area contributed by atoms with Gasteiger partial charge in [0.15, 0.2) is 0 Å². The van der Waals surface area contributed by atoms with Crippen molar-refractivity contribution in [2.75, 3.05) is 11.9 Å². The predicted molar refractivity (Wildman–Crippen MR) is 66.8 cm³/mol. The molecule has 0 saturated heterocycles. The van der Waals surface area contributed by atoms with Crippen LogP contribution in [0.25, 0.3) is 10.9 Å². The fourth-order valence-corrected chi connectivity index (χ4v) is 1.58. The number of carbonyl (C=O) groups excluding carboxylic acids is 1. The van der Waals surface area contributed by atoms with E-state index in [2.05, 4.69) is 22.2 Å². The molecule has 3 N–H and O–H groups in total. The van der Waals surface area contributed by atoms with Gasteiger partial charge in [-0.1, -0.05) is 19.1 Å². The first kappa shape index (κ1) is 11.3. The van der Waals surface area contributed by atoms with Gasteiger partial charge >= 0.3 is 0 Å². The number of para-hydroxylation sites is 1. The number of nitrogens with two attached hydrogens (primary N) is 1. The van der Waals surface area contributed by atoms with Crippen LogP contribution in [0.4, 0.5) is 5.95 Å². The first-order valence-electron chi connectivity index (χ1n) is 5.52. The maximum Gasteiger partial charge on any atom is 0.250 e. The molecule has 0 bridgehead atoms. The predicted octanol–water partition coefficient (Wildman–Crippen LogP) is 1.55. The van der Waals surface area contributed by atoms with E-state index in [1.54, 1.807) is 18.3 Å². The van der Waals surface area contributed by atoms with Crippen LogP contribution in [0, 0.1) is 0 Å². The van der Waals surface area contributed by atoms with Crippen molar-refractivity contribution in [1.82, 2.24) is 9.97 Å². The molecule has 17 heavy (non-hydrogen) atoms. The summed E-state index contributed by atoms with van der Waals surface area (Å²) in [5, 5.41) is 3.89. The third-order valence-electron chi connectivity index (χ3n) is 2.41. The number of aromatic nitrogens is 2. The van der Waals surface area contributed by atoms with Crippen LogP contribution in [0.15, 0.2) is 24.4 Å². The van der Waals surface area contributed by atoms with Gasteiger partial charge in [-0.15, -0.1) is 0 Å². The van der Waals surface area contributed by atoms with Gasteiger partial charge < -0.3 is 11.1 Å². The molecule has 0 aliphatic carbocycles. The lowest BCUT2D eigenvalue weighted by Crippen LogP contribution is -2.12. The van der Waals surface area contributed by atoms with E-state index in [4.69, 9.17) is 5.73 Å². The van der Waals surface area contributed by atoms with E-state index in [1.807, 2.05) is 6.07 Å². The Hall–Kier alpha value is -2.17. The Balaban J connectivity index is 2.50. The van der Waals surface area contributed by atoms with Gasteiger partial charge in [0.25, 0.3) is 5.91 Å². The Morgan fingerprint density at radius 2 is 2.29 bits per heavy atom. The van der Waals surface area contributed by atoms with E-state index in [0.29, 0.717) is 17.0 Å². The van der Waals surface area contributed by atoms with Gasteiger partial charge in [0, 0.05) is 18.1 Å². The standard InChI is InChI=1S/C12H14N4O/c1-2-6-14-12-15-7-8-4-3-5-9(11(13)17)10(8)16-12/h3-5,7H,2,6H2,1H3,(H2,13,17)(H,14,15,16). The van der Waals surface area contributed by atoms with Crippen LogP contribution in [0.1, 0.15) is 23.7 Å². The molecule has 0 saturated carbocycles. The lowest BCUT2D eigenvalue weighted by molar-refractivity contribution is 0.100. The maximum atomic E-state index is 11.3. The minimum Gasteiger partial charge on any atom is -0.366 e. The van der Waals surface area contributed by atoms with Crippen molar-refractivity contribution in [1.29, 1.82) is 0 Å². The number of benzene rings is 1. The van der Waals surface area contributed by atoms with Gasteiger partial charge in [0.2, 0.25) is 5.95 Å². The molecule has 0 aliphatic rings. The van der Waals surface area contributed by atoms with Gasteiger partial charge in [0.05, 0.1) is 11.1 Å². The van der Waals surface area contributed by atoms with Crippen LogP contribution in [0.2, 0.25) is 0 Å². The van der Waals surface area contributed by atoms with Gasteiger partial charge in [-0.3, -0.25) is 4.79 Å². The maximum absolute atomic E-state index is 11.3. The Morgan fingerprint density at radius 3 is 3.00 bits per heavy atom. The zero-order chi connectivity index (χ0) is 12.3. The van der Waals surface area contributed by atoms with E-state index in [-0.39, 0.29) is 0 Å². The van der Waals surface area contributed by atoms with Crippen molar-refractivity contribution in [3.63, 3.8) is 0 Å². The SMILES string of the molecule is CCCNc1ncc2cccc(C(N)=O)c2n1. The molecule has 0 unspecified atom stereocenters. The smallest absolute Gasteiger partial charge is 0.250 e. The summed E-state index contributed by atoms with van der Waals surface area (Å²) in [5.41, 5.74) is 6.32. The molecular formula is C12H14N4O. The normalized spacial score (nSPS) is 10.4. The summed E-state index contributed by atoms with van der Waals surface area (Å²) in [6, 6.07) is 5.29. The zero-order valence-electron chi connectivity index (χ0n) is 9.60. The Labute approximate surface area is 99.1 Å². The molecule has 5 nitrogen and oxygen atoms in total. The van der Waals surface area contributed by atoms with E-state index in [0.717, 1.165) is 18.4 Å². The molecule has 1 amide bonds. The molecule has 0 radical (unpaired) electrons. The summed E-state index contributed by atoms with van der Waals surface area (Å²) in [5.74, 6) is 0.0452. The number of fused-ring (bicyclic) bond motifs is 1. The highest BCUT2D eigenvalue weighted by atomic mass is 16.1. The fourth-order valence-electron chi connectivity index (χ4n) is 1.58. The number of amides is 1. The highest BCUT2D eigenvalue weighted by molar-refractivity contribution is 6.04. The molecule has 0 spiro atoms. The second-order valence-corrected chi connectivity index (χ2v) is 3.73. The highest BCUT2D eigenvalue weighted by Crippen LogP contribution is 2.16. The largest absolute Gasteiger partial charge is 0.366 e.